The van der Waals surface area contributed by atoms with Gasteiger partial charge in [0.1, 0.15) is 11.4 Å². The third-order valence-corrected chi connectivity index (χ3v) is 2.04. The topological polar surface area (TPSA) is 65.5 Å². The lowest BCUT2D eigenvalue weighted by Gasteiger charge is -2.05. The summed E-state index contributed by atoms with van der Waals surface area (Å²) in [5, 5.41) is 0. The molecule has 0 N–H and O–H groups in total. The summed E-state index contributed by atoms with van der Waals surface area (Å²) in [6.07, 6.45) is 1.48. The van der Waals surface area contributed by atoms with E-state index in [1.807, 2.05) is 13.8 Å². The van der Waals surface area contributed by atoms with Crippen molar-refractivity contribution in [2.45, 2.75) is 26.7 Å². The second-order valence-electron chi connectivity index (χ2n) is 3.68. The van der Waals surface area contributed by atoms with Crippen molar-refractivity contribution >= 4 is 11.9 Å². The Morgan fingerprint density at radius 3 is 1.83 bits per heavy atom. The molecule has 0 unspecified atom stereocenters. The van der Waals surface area contributed by atoms with Crippen LogP contribution in [0, 0.1) is 0 Å². The summed E-state index contributed by atoms with van der Waals surface area (Å²) in [4.78, 5) is 27.0. The van der Waals surface area contributed by atoms with Crippen LogP contribution in [0.25, 0.3) is 0 Å². The number of aromatic nitrogens is 1. The molecule has 0 aliphatic carbocycles. The molecular weight excluding hydrogens is 234 g/mol. The Labute approximate surface area is 106 Å². The summed E-state index contributed by atoms with van der Waals surface area (Å²) in [7, 11) is 0. The van der Waals surface area contributed by atoms with E-state index in [1.165, 1.54) is 12.1 Å². The Kier molecular flexibility index (Phi) is 5.84. The molecule has 1 rings (SSSR count). The highest BCUT2D eigenvalue weighted by atomic mass is 16.5. The standard InChI is InChI=1S/C13H17NO4/c1-3-8-17-12(15)10-6-5-7-11(14-10)13(16)18-9-4-2/h5-7H,3-4,8-9H2,1-2H3. The number of carbonyl (C=O) groups excluding carboxylic acids is 2. The lowest BCUT2D eigenvalue weighted by molar-refractivity contribution is 0.0489. The SMILES string of the molecule is CCCOC(=O)c1cccc(C(=O)OCCC)n1. The van der Waals surface area contributed by atoms with E-state index in [0.29, 0.717) is 13.2 Å². The number of carbonyl (C=O) groups is 2. The molecule has 0 radical (unpaired) electrons. The zero-order valence-corrected chi connectivity index (χ0v) is 10.6. The molecule has 0 fully saturated rings. The number of hydrogen-bond donors (Lipinski definition) is 0. The third-order valence-electron chi connectivity index (χ3n) is 2.04. The fraction of sp³-hybridized carbons (Fsp3) is 0.462. The van der Waals surface area contributed by atoms with Crippen LogP contribution < -0.4 is 0 Å². The van der Waals surface area contributed by atoms with Crippen molar-refractivity contribution in [1.29, 1.82) is 0 Å². The molecule has 1 aromatic heterocycles. The summed E-state index contributed by atoms with van der Waals surface area (Å²) in [6.45, 7) is 4.48. The highest BCUT2D eigenvalue weighted by Gasteiger charge is 2.13. The van der Waals surface area contributed by atoms with Gasteiger partial charge < -0.3 is 9.47 Å². The van der Waals surface area contributed by atoms with Crippen LogP contribution in [0.1, 0.15) is 47.7 Å². The summed E-state index contributed by atoms with van der Waals surface area (Å²) in [5.74, 6) is -1.05. The van der Waals surface area contributed by atoms with Crippen LogP contribution in [0.15, 0.2) is 18.2 Å². The molecular formula is C13H17NO4. The highest BCUT2D eigenvalue weighted by Crippen LogP contribution is 2.04. The molecule has 1 aromatic rings. The van der Waals surface area contributed by atoms with Crippen molar-refractivity contribution in [3.8, 4) is 0 Å². The molecule has 0 atom stereocenters. The van der Waals surface area contributed by atoms with Crippen LogP contribution >= 0.6 is 0 Å². The van der Waals surface area contributed by atoms with E-state index in [0.717, 1.165) is 12.8 Å². The molecule has 0 saturated carbocycles. The smallest absolute Gasteiger partial charge is 0.356 e. The fourth-order valence-electron chi connectivity index (χ4n) is 1.20. The van der Waals surface area contributed by atoms with Gasteiger partial charge in [-0.05, 0) is 25.0 Å². The molecule has 1 heterocycles. The zero-order chi connectivity index (χ0) is 13.4. The number of pyridine rings is 1. The lowest BCUT2D eigenvalue weighted by atomic mass is 10.3. The molecule has 0 saturated heterocycles. The number of hydrogen-bond acceptors (Lipinski definition) is 5. The average molecular weight is 251 g/mol. The largest absolute Gasteiger partial charge is 0.461 e. The van der Waals surface area contributed by atoms with E-state index in [-0.39, 0.29) is 11.4 Å². The minimum atomic E-state index is -0.526. The highest BCUT2D eigenvalue weighted by molar-refractivity contribution is 5.91. The van der Waals surface area contributed by atoms with Crippen molar-refractivity contribution < 1.29 is 19.1 Å². The van der Waals surface area contributed by atoms with E-state index >= 15 is 0 Å². The van der Waals surface area contributed by atoms with Gasteiger partial charge in [-0.25, -0.2) is 14.6 Å². The second-order valence-corrected chi connectivity index (χ2v) is 3.68. The Morgan fingerprint density at radius 2 is 1.44 bits per heavy atom. The maximum absolute atomic E-state index is 11.6. The van der Waals surface area contributed by atoms with Crippen LogP contribution in [0.5, 0.6) is 0 Å². The Balaban J connectivity index is 2.72. The van der Waals surface area contributed by atoms with Crippen LogP contribution in [-0.4, -0.2) is 30.1 Å². The summed E-state index contributed by atoms with van der Waals surface area (Å²) in [5.41, 5.74) is 0.240. The zero-order valence-electron chi connectivity index (χ0n) is 10.6. The molecule has 98 valence electrons. The third kappa shape index (κ3) is 4.16. The first kappa shape index (κ1) is 14.2. The van der Waals surface area contributed by atoms with E-state index in [2.05, 4.69) is 4.98 Å². The summed E-state index contributed by atoms with van der Waals surface area (Å²) >= 11 is 0. The van der Waals surface area contributed by atoms with Crippen molar-refractivity contribution in [3.63, 3.8) is 0 Å². The van der Waals surface area contributed by atoms with Gasteiger partial charge in [-0.1, -0.05) is 19.9 Å². The van der Waals surface area contributed by atoms with E-state index in [4.69, 9.17) is 9.47 Å². The van der Waals surface area contributed by atoms with Crippen molar-refractivity contribution in [1.82, 2.24) is 4.98 Å². The van der Waals surface area contributed by atoms with Crippen LogP contribution in [0.2, 0.25) is 0 Å². The molecule has 0 aliphatic rings. The van der Waals surface area contributed by atoms with Gasteiger partial charge >= 0.3 is 11.9 Å². The first-order chi connectivity index (χ1) is 8.69. The van der Waals surface area contributed by atoms with Gasteiger partial charge in [0.25, 0.3) is 0 Å². The molecule has 0 spiro atoms. The Hall–Kier alpha value is -1.91. The fourth-order valence-corrected chi connectivity index (χ4v) is 1.20. The quantitative estimate of drug-likeness (QED) is 0.725. The number of esters is 2. The first-order valence-electron chi connectivity index (χ1n) is 6.00. The first-order valence-corrected chi connectivity index (χ1v) is 6.00. The molecule has 0 amide bonds. The van der Waals surface area contributed by atoms with Crippen molar-refractivity contribution in [2.24, 2.45) is 0 Å². The molecule has 0 bridgehead atoms. The lowest BCUT2D eigenvalue weighted by Crippen LogP contribution is -2.13. The van der Waals surface area contributed by atoms with Gasteiger partial charge in [0, 0.05) is 0 Å². The Bertz CT molecular complexity index is 382. The Morgan fingerprint density at radius 1 is 1.00 bits per heavy atom. The van der Waals surface area contributed by atoms with Crippen LogP contribution in [0.4, 0.5) is 0 Å². The van der Waals surface area contributed by atoms with Gasteiger partial charge in [-0.2, -0.15) is 0 Å². The molecule has 18 heavy (non-hydrogen) atoms. The summed E-state index contributed by atoms with van der Waals surface area (Å²) in [6, 6.07) is 4.60. The van der Waals surface area contributed by atoms with Gasteiger partial charge in [0.15, 0.2) is 0 Å². The average Bonchev–Trinajstić information content (AvgIpc) is 2.42. The van der Waals surface area contributed by atoms with Gasteiger partial charge in [-0.15, -0.1) is 0 Å². The normalized spacial score (nSPS) is 9.89. The molecule has 0 aromatic carbocycles. The maximum Gasteiger partial charge on any atom is 0.356 e. The van der Waals surface area contributed by atoms with Gasteiger partial charge in [-0.3, -0.25) is 0 Å². The van der Waals surface area contributed by atoms with E-state index in [9.17, 15) is 9.59 Å². The van der Waals surface area contributed by atoms with Crippen LogP contribution in [-0.2, 0) is 9.47 Å². The predicted octanol–water partition coefficient (Wildman–Crippen LogP) is 2.22. The minimum Gasteiger partial charge on any atom is -0.461 e. The monoisotopic (exact) mass is 251 g/mol. The van der Waals surface area contributed by atoms with Crippen molar-refractivity contribution in [2.75, 3.05) is 13.2 Å². The maximum atomic E-state index is 11.6. The minimum absolute atomic E-state index is 0.120. The molecule has 5 heteroatoms. The van der Waals surface area contributed by atoms with E-state index < -0.39 is 11.9 Å². The molecule has 0 aliphatic heterocycles. The molecule has 5 nitrogen and oxygen atoms in total. The number of nitrogens with zero attached hydrogens (tertiary/aromatic N) is 1. The number of rotatable bonds is 6. The predicted molar refractivity (Wildman–Crippen MR) is 65.4 cm³/mol. The van der Waals surface area contributed by atoms with Crippen LogP contribution in [0.3, 0.4) is 0 Å². The number of ether oxygens (including phenoxy) is 2. The van der Waals surface area contributed by atoms with Gasteiger partial charge in [0.05, 0.1) is 13.2 Å². The second kappa shape index (κ2) is 7.42. The summed E-state index contributed by atoms with van der Waals surface area (Å²) < 4.78 is 9.88. The van der Waals surface area contributed by atoms with E-state index in [1.54, 1.807) is 6.07 Å². The van der Waals surface area contributed by atoms with Crippen molar-refractivity contribution in [3.05, 3.63) is 29.6 Å². The van der Waals surface area contributed by atoms with Gasteiger partial charge in [0.2, 0.25) is 0 Å².